The van der Waals surface area contributed by atoms with Crippen LogP contribution in [0.1, 0.15) is 11.3 Å². The van der Waals surface area contributed by atoms with Gasteiger partial charge in [0.15, 0.2) is 0 Å². The second-order valence-electron chi connectivity index (χ2n) is 4.98. The van der Waals surface area contributed by atoms with Crippen LogP contribution in [0.25, 0.3) is 6.08 Å². The molecule has 21 heavy (non-hydrogen) atoms. The fourth-order valence-electron chi connectivity index (χ4n) is 2.02. The second-order valence-corrected chi connectivity index (χ2v) is 5.96. The lowest BCUT2D eigenvalue weighted by Gasteiger charge is -2.11. The number of allylic oxidation sites excluding steroid dienone is 3. The van der Waals surface area contributed by atoms with Gasteiger partial charge in [-0.1, -0.05) is 18.7 Å². The van der Waals surface area contributed by atoms with Crippen molar-refractivity contribution in [3.05, 3.63) is 52.9 Å². The first-order valence-electron chi connectivity index (χ1n) is 6.86. The zero-order valence-electron chi connectivity index (χ0n) is 12.1. The molecule has 1 unspecified atom stereocenters. The Hall–Kier alpha value is -1.85. The van der Waals surface area contributed by atoms with E-state index in [1.807, 2.05) is 36.7 Å². The standard InChI is InChI=1S/C16H20N2O2S/c1-13(5-6-15-4-3-11-21-15)7-9-17-16(19)20-14-8-10-18(2)12-14/h3-7,9,11,14H,1,8,10,12H2,2H3,(H,17,19)/b6-5+,9-7-. The van der Waals surface area contributed by atoms with Gasteiger partial charge >= 0.3 is 6.09 Å². The van der Waals surface area contributed by atoms with E-state index < -0.39 is 6.09 Å². The summed E-state index contributed by atoms with van der Waals surface area (Å²) in [7, 11) is 2.02. The third-order valence-electron chi connectivity index (χ3n) is 3.13. The van der Waals surface area contributed by atoms with E-state index in [9.17, 15) is 4.79 Å². The van der Waals surface area contributed by atoms with E-state index in [0.29, 0.717) is 0 Å². The first-order valence-corrected chi connectivity index (χ1v) is 7.74. The second kappa shape index (κ2) is 7.81. The number of rotatable bonds is 5. The molecule has 1 amide bonds. The molecule has 2 heterocycles. The molecule has 5 heteroatoms. The predicted molar refractivity (Wildman–Crippen MR) is 87.2 cm³/mol. The summed E-state index contributed by atoms with van der Waals surface area (Å²) < 4.78 is 5.29. The van der Waals surface area contributed by atoms with Gasteiger partial charge in [-0.15, -0.1) is 11.3 Å². The minimum absolute atomic E-state index is 0.00896. The smallest absolute Gasteiger partial charge is 0.411 e. The number of carbonyl (C=O) groups excluding carboxylic acids is 1. The van der Waals surface area contributed by atoms with Gasteiger partial charge < -0.3 is 9.64 Å². The summed E-state index contributed by atoms with van der Waals surface area (Å²) in [5.74, 6) is 0. The van der Waals surface area contributed by atoms with Gasteiger partial charge in [0.1, 0.15) is 6.10 Å². The molecule has 1 aromatic heterocycles. The Kier molecular flexibility index (Phi) is 5.78. The lowest BCUT2D eigenvalue weighted by atomic mass is 10.2. The Labute approximate surface area is 129 Å². The maximum absolute atomic E-state index is 11.6. The number of nitrogens with one attached hydrogen (secondary N) is 1. The van der Waals surface area contributed by atoms with Crippen molar-refractivity contribution in [3.8, 4) is 0 Å². The number of likely N-dealkylation sites (tertiary alicyclic amines) is 1. The van der Waals surface area contributed by atoms with Crippen molar-refractivity contribution in [2.75, 3.05) is 20.1 Å². The van der Waals surface area contributed by atoms with E-state index in [0.717, 1.165) is 25.1 Å². The molecule has 112 valence electrons. The Morgan fingerprint density at radius 3 is 3.10 bits per heavy atom. The van der Waals surface area contributed by atoms with Gasteiger partial charge in [-0.05, 0) is 42.6 Å². The van der Waals surface area contributed by atoms with E-state index in [1.54, 1.807) is 23.6 Å². The van der Waals surface area contributed by atoms with Crippen LogP contribution in [0, 0.1) is 0 Å². The van der Waals surface area contributed by atoms with Gasteiger partial charge in [0.25, 0.3) is 0 Å². The summed E-state index contributed by atoms with van der Waals surface area (Å²) >= 11 is 1.67. The van der Waals surface area contributed by atoms with Crippen molar-refractivity contribution >= 4 is 23.5 Å². The Bertz CT molecular complexity index is 534. The average molecular weight is 304 g/mol. The third kappa shape index (κ3) is 5.57. The number of amides is 1. The van der Waals surface area contributed by atoms with Crippen molar-refractivity contribution in [1.82, 2.24) is 10.2 Å². The number of hydrogen-bond acceptors (Lipinski definition) is 4. The summed E-state index contributed by atoms with van der Waals surface area (Å²) in [6, 6.07) is 4.04. The number of thiophene rings is 1. The lowest BCUT2D eigenvalue weighted by Crippen LogP contribution is -2.27. The van der Waals surface area contributed by atoms with Gasteiger partial charge in [0, 0.05) is 24.2 Å². The largest absolute Gasteiger partial charge is 0.445 e. The van der Waals surface area contributed by atoms with Crippen LogP contribution in [0.2, 0.25) is 0 Å². The van der Waals surface area contributed by atoms with Crippen molar-refractivity contribution in [2.45, 2.75) is 12.5 Å². The SMILES string of the molecule is C=C(/C=C\NC(=O)OC1CCN(C)C1)/C=C/c1cccs1. The number of carbonyl (C=O) groups is 1. The highest BCUT2D eigenvalue weighted by Gasteiger charge is 2.22. The molecule has 0 saturated carbocycles. The van der Waals surface area contributed by atoms with Crippen LogP contribution in [0.4, 0.5) is 4.79 Å². The molecule has 1 aliphatic rings. The summed E-state index contributed by atoms with van der Waals surface area (Å²) in [4.78, 5) is 14.9. The number of ether oxygens (including phenoxy) is 1. The molecule has 0 bridgehead atoms. The topological polar surface area (TPSA) is 41.6 Å². The lowest BCUT2D eigenvalue weighted by molar-refractivity contribution is 0.105. The van der Waals surface area contributed by atoms with E-state index >= 15 is 0 Å². The van der Waals surface area contributed by atoms with E-state index in [4.69, 9.17) is 4.74 Å². The molecular weight excluding hydrogens is 284 g/mol. The zero-order chi connectivity index (χ0) is 15.1. The number of alkyl carbamates (subject to hydrolysis) is 1. The van der Waals surface area contributed by atoms with Crippen molar-refractivity contribution in [1.29, 1.82) is 0 Å². The van der Waals surface area contributed by atoms with Gasteiger partial charge in [-0.25, -0.2) is 4.79 Å². The van der Waals surface area contributed by atoms with Crippen LogP contribution >= 0.6 is 11.3 Å². The minimum Gasteiger partial charge on any atom is -0.445 e. The van der Waals surface area contributed by atoms with Crippen molar-refractivity contribution < 1.29 is 9.53 Å². The molecule has 1 aliphatic heterocycles. The molecule has 1 aromatic rings. The van der Waals surface area contributed by atoms with Crippen LogP contribution in [-0.4, -0.2) is 37.2 Å². The molecule has 2 rings (SSSR count). The van der Waals surface area contributed by atoms with Crippen molar-refractivity contribution in [2.24, 2.45) is 0 Å². The fraction of sp³-hybridized carbons (Fsp3) is 0.312. The number of likely N-dealkylation sites (N-methyl/N-ethyl adjacent to an activating group) is 1. The van der Waals surface area contributed by atoms with Crippen molar-refractivity contribution in [3.63, 3.8) is 0 Å². The normalized spacial score (nSPS) is 19.4. The Balaban J connectivity index is 1.69. The molecule has 0 aromatic carbocycles. The molecular formula is C16H20N2O2S. The maximum Gasteiger partial charge on any atom is 0.411 e. The van der Waals surface area contributed by atoms with Crippen LogP contribution in [-0.2, 0) is 4.74 Å². The molecule has 1 fully saturated rings. The molecule has 1 atom stereocenters. The van der Waals surface area contributed by atoms with E-state index in [2.05, 4.69) is 16.8 Å². The third-order valence-corrected chi connectivity index (χ3v) is 3.96. The highest BCUT2D eigenvalue weighted by molar-refractivity contribution is 7.10. The molecule has 1 saturated heterocycles. The summed E-state index contributed by atoms with van der Waals surface area (Å²) in [5.41, 5.74) is 0.810. The Morgan fingerprint density at radius 1 is 1.57 bits per heavy atom. The quantitative estimate of drug-likeness (QED) is 0.849. The maximum atomic E-state index is 11.6. The van der Waals surface area contributed by atoms with Gasteiger partial charge in [-0.2, -0.15) is 0 Å². The first-order chi connectivity index (χ1) is 10.1. The van der Waals surface area contributed by atoms with E-state index in [1.165, 1.54) is 4.88 Å². The monoisotopic (exact) mass is 304 g/mol. The highest BCUT2D eigenvalue weighted by Crippen LogP contribution is 2.12. The summed E-state index contributed by atoms with van der Waals surface area (Å²) in [5, 5.41) is 4.62. The van der Waals surface area contributed by atoms with Gasteiger partial charge in [-0.3, -0.25) is 5.32 Å². The van der Waals surface area contributed by atoms with Gasteiger partial charge in [0.05, 0.1) is 0 Å². The summed E-state index contributed by atoms with van der Waals surface area (Å²) in [6.07, 6.45) is 7.66. The van der Waals surface area contributed by atoms with E-state index in [-0.39, 0.29) is 6.10 Å². The molecule has 0 aliphatic carbocycles. The fourth-order valence-corrected chi connectivity index (χ4v) is 2.64. The highest BCUT2D eigenvalue weighted by atomic mass is 32.1. The van der Waals surface area contributed by atoms with Gasteiger partial charge in [0.2, 0.25) is 0 Å². The first kappa shape index (κ1) is 15.5. The minimum atomic E-state index is -0.415. The van der Waals surface area contributed by atoms with Crippen LogP contribution in [0.3, 0.4) is 0 Å². The number of nitrogens with zero attached hydrogens (tertiary/aromatic N) is 1. The molecule has 0 spiro atoms. The molecule has 1 N–H and O–H groups in total. The van der Waals surface area contributed by atoms with Crippen LogP contribution in [0.15, 0.2) is 48.0 Å². The number of hydrogen-bond donors (Lipinski definition) is 1. The summed E-state index contributed by atoms with van der Waals surface area (Å²) in [6.45, 7) is 5.67. The van der Waals surface area contributed by atoms with Crippen LogP contribution < -0.4 is 5.32 Å². The molecule has 4 nitrogen and oxygen atoms in total. The van der Waals surface area contributed by atoms with Crippen LogP contribution in [0.5, 0.6) is 0 Å². The molecule has 0 radical (unpaired) electrons. The predicted octanol–water partition coefficient (Wildman–Crippen LogP) is 3.26. The zero-order valence-corrected chi connectivity index (χ0v) is 12.9. The average Bonchev–Trinajstić information content (AvgIpc) is 3.08. The Morgan fingerprint density at radius 2 is 2.43 bits per heavy atom.